The zero-order valence-electron chi connectivity index (χ0n) is 18.6. The molecule has 1 aliphatic rings. The predicted molar refractivity (Wildman–Crippen MR) is 122 cm³/mol. The Morgan fingerprint density at radius 3 is 2.56 bits per heavy atom. The fraction of sp³-hybridized carbons (Fsp3) is 0.320. The molecule has 4 rings (SSSR count). The second-order valence-corrected chi connectivity index (χ2v) is 8.16. The summed E-state index contributed by atoms with van der Waals surface area (Å²) in [6.07, 6.45) is 1.07. The van der Waals surface area contributed by atoms with Gasteiger partial charge in [-0.25, -0.2) is 0 Å². The molecule has 32 heavy (non-hydrogen) atoms. The third-order valence-corrected chi connectivity index (χ3v) is 5.95. The van der Waals surface area contributed by atoms with E-state index in [9.17, 15) is 9.59 Å². The predicted octanol–water partition coefficient (Wildman–Crippen LogP) is 3.53. The minimum absolute atomic E-state index is 0.0000868. The van der Waals surface area contributed by atoms with Crippen molar-refractivity contribution < 1.29 is 14.3 Å². The van der Waals surface area contributed by atoms with Crippen LogP contribution in [0.5, 0.6) is 5.75 Å². The number of carbonyl (C=O) groups is 2. The number of hydrogen-bond acceptors (Lipinski definition) is 4. The second-order valence-electron chi connectivity index (χ2n) is 8.16. The monoisotopic (exact) mass is 432 g/mol. The first kappa shape index (κ1) is 21.6. The molecule has 2 heterocycles. The van der Waals surface area contributed by atoms with Crippen LogP contribution in [-0.2, 0) is 4.79 Å². The van der Waals surface area contributed by atoms with Crippen LogP contribution in [0.15, 0.2) is 60.8 Å². The molecule has 1 aromatic heterocycles. The van der Waals surface area contributed by atoms with E-state index in [0.717, 1.165) is 16.8 Å². The van der Waals surface area contributed by atoms with Crippen LogP contribution in [0.2, 0.25) is 0 Å². The number of carbonyl (C=O) groups excluding carboxylic acids is 2. The molecule has 2 aromatic carbocycles. The first-order valence-corrected chi connectivity index (χ1v) is 10.9. The van der Waals surface area contributed by atoms with Crippen molar-refractivity contribution in [3.8, 4) is 17.0 Å². The van der Waals surface area contributed by atoms with Crippen LogP contribution in [0, 0.1) is 6.92 Å². The van der Waals surface area contributed by atoms with Gasteiger partial charge >= 0.3 is 0 Å². The average molecular weight is 433 g/mol. The highest BCUT2D eigenvalue weighted by Gasteiger charge is 2.33. The zero-order valence-corrected chi connectivity index (χ0v) is 18.6. The lowest BCUT2D eigenvalue weighted by Gasteiger charge is -2.40. The van der Waals surface area contributed by atoms with Crippen molar-refractivity contribution in [3.63, 3.8) is 0 Å². The minimum Gasteiger partial charge on any atom is -0.481 e. The van der Waals surface area contributed by atoms with Crippen molar-refractivity contribution in [1.29, 1.82) is 0 Å². The summed E-state index contributed by atoms with van der Waals surface area (Å²) < 4.78 is 6.08. The standard InChI is InChI=1S/C25H28N4O3/c1-17-16-28(25(31)20-8-5-4-6-9-20)14-15-29(17)24(30)19(3)32-23-11-7-10-21(18(23)2)22-12-13-26-27-22/h4-13,17,19H,14-16H2,1-3H3,(H,26,27)/t17-,19-/m1/s1. The topological polar surface area (TPSA) is 78.5 Å². The van der Waals surface area contributed by atoms with Crippen molar-refractivity contribution in [2.75, 3.05) is 19.6 Å². The van der Waals surface area contributed by atoms with Gasteiger partial charge in [0, 0.05) is 48.6 Å². The molecule has 2 amide bonds. The number of hydrogen-bond donors (Lipinski definition) is 1. The van der Waals surface area contributed by atoms with Crippen LogP contribution in [0.4, 0.5) is 0 Å². The normalized spacial score (nSPS) is 17.2. The molecule has 7 nitrogen and oxygen atoms in total. The van der Waals surface area contributed by atoms with Crippen LogP contribution in [0.3, 0.4) is 0 Å². The number of H-pyrrole nitrogens is 1. The average Bonchev–Trinajstić information content (AvgIpc) is 3.34. The third kappa shape index (κ3) is 4.37. The maximum Gasteiger partial charge on any atom is 0.263 e. The number of benzene rings is 2. The lowest BCUT2D eigenvalue weighted by molar-refractivity contribution is -0.142. The third-order valence-electron chi connectivity index (χ3n) is 5.95. The van der Waals surface area contributed by atoms with Gasteiger partial charge in [0.1, 0.15) is 5.75 Å². The Kier molecular flexibility index (Phi) is 6.25. The molecule has 0 spiro atoms. The maximum absolute atomic E-state index is 13.2. The molecule has 1 N–H and O–H groups in total. The Labute approximate surface area is 188 Å². The summed E-state index contributed by atoms with van der Waals surface area (Å²) in [6, 6.07) is 16.8. The van der Waals surface area contributed by atoms with Crippen LogP contribution in [0.1, 0.15) is 29.8 Å². The fourth-order valence-corrected chi connectivity index (χ4v) is 4.15. The van der Waals surface area contributed by atoms with E-state index in [1.807, 2.05) is 78.2 Å². The van der Waals surface area contributed by atoms with Gasteiger partial charge in [0.15, 0.2) is 6.10 Å². The summed E-state index contributed by atoms with van der Waals surface area (Å²) in [5.41, 5.74) is 3.51. The Balaban J connectivity index is 1.41. The molecule has 1 aliphatic heterocycles. The first-order chi connectivity index (χ1) is 15.5. The summed E-state index contributed by atoms with van der Waals surface area (Å²) in [5, 5.41) is 6.98. The van der Waals surface area contributed by atoms with E-state index in [2.05, 4.69) is 10.2 Å². The van der Waals surface area contributed by atoms with Gasteiger partial charge in [0.2, 0.25) is 0 Å². The van der Waals surface area contributed by atoms with Crippen molar-refractivity contribution in [2.24, 2.45) is 0 Å². The summed E-state index contributed by atoms with van der Waals surface area (Å²) in [7, 11) is 0. The molecular weight excluding hydrogens is 404 g/mol. The van der Waals surface area contributed by atoms with Crippen molar-refractivity contribution >= 4 is 11.8 Å². The molecule has 3 aromatic rings. The molecule has 166 valence electrons. The quantitative estimate of drug-likeness (QED) is 0.669. The first-order valence-electron chi connectivity index (χ1n) is 10.9. The van der Waals surface area contributed by atoms with Crippen LogP contribution < -0.4 is 4.74 Å². The second kappa shape index (κ2) is 9.26. The largest absolute Gasteiger partial charge is 0.481 e. The summed E-state index contributed by atoms with van der Waals surface area (Å²) in [6.45, 7) is 7.21. The lowest BCUT2D eigenvalue weighted by Crippen LogP contribution is -2.57. The van der Waals surface area contributed by atoms with E-state index < -0.39 is 6.10 Å². The highest BCUT2D eigenvalue weighted by molar-refractivity contribution is 5.94. The molecule has 0 unspecified atom stereocenters. The van der Waals surface area contributed by atoms with Gasteiger partial charge in [0.25, 0.3) is 11.8 Å². The van der Waals surface area contributed by atoms with E-state index in [4.69, 9.17) is 4.74 Å². The van der Waals surface area contributed by atoms with Crippen LogP contribution >= 0.6 is 0 Å². The summed E-state index contributed by atoms with van der Waals surface area (Å²) >= 11 is 0. The Morgan fingerprint density at radius 2 is 1.88 bits per heavy atom. The lowest BCUT2D eigenvalue weighted by atomic mass is 10.0. The maximum atomic E-state index is 13.2. The molecule has 0 radical (unpaired) electrons. The van der Waals surface area contributed by atoms with E-state index in [1.165, 1.54) is 0 Å². The van der Waals surface area contributed by atoms with Crippen LogP contribution in [0.25, 0.3) is 11.3 Å². The van der Waals surface area contributed by atoms with Gasteiger partial charge in [-0.3, -0.25) is 14.7 Å². The molecule has 1 fully saturated rings. The molecule has 7 heteroatoms. The molecule has 0 bridgehead atoms. The smallest absolute Gasteiger partial charge is 0.263 e. The zero-order chi connectivity index (χ0) is 22.7. The number of rotatable bonds is 5. The number of aromatic amines is 1. The number of nitrogens with one attached hydrogen (secondary N) is 1. The Hall–Kier alpha value is -3.61. The van der Waals surface area contributed by atoms with E-state index in [-0.39, 0.29) is 17.9 Å². The van der Waals surface area contributed by atoms with Gasteiger partial charge < -0.3 is 14.5 Å². The van der Waals surface area contributed by atoms with E-state index in [1.54, 1.807) is 13.1 Å². The summed E-state index contributed by atoms with van der Waals surface area (Å²) in [5.74, 6) is 0.597. The van der Waals surface area contributed by atoms with Gasteiger partial charge in [0.05, 0.1) is 5.69 Å². The van der Waals surface area contributed by atoms with Gasteiger partial charge in [-0.05, 0) is 45.0 Å². The van der Waals surface area contributed by atoms with Crippen molar-refractivity contribution in [2.45, 2.75) is 32.9 Å². The SMILES string of the molecule is Cc1c(O[C@H](C)C(=O)N2CCN(C(=O)c3ccccc3)C[C@H]2C)cccc1-c1ccn[nH]1. The molecular formula is C25H28N4O3. The van der Waals surface area contributed by atoms with Gasteiger partial charge in [-0.15, -0.1) is 0 Å². The molecule has 0 saturated carbocycles. The number of aromatic nitrogens is 2. The van der Waals surface area contributed by atoms with Crippen LogP contribution in [-0.4, -0.2) is 63.6 Å². The van der Waals surface area contributed by atoms with Gasteiger partial charge in [-0.1, -0.05) is 30.3 Å². The Morgan fingerprint density at radius 1 is 1.09 bits per heavy atom. The summed E-state index contributed by atoms with van der Waals surface area (Å²) in [4.78, 5) is 29.5. The number of piperazine rings is 1. The number of ether oxygens (including phenoxy) is 1. The molecule has 0 aliphatic carbocycles. The fourth-order valence-electron chi connectivity index (χ4n) is 4.15. The highest BCUT2D eigenvalue weighted by Crippen LogP contribution is 2.29. The van der Waals surface area contributed by atoms with E-state index in [0.29, 0.717) is 30.9 Å². The minimum atomic E-state index is -0.635. The van der Waals surface area contributed by atoms with Gasteiger partial charge in [-0.2, -0.15) is 5.10 Å². The van der Waals surface area contributed by atoms with E-state index >= 15 is 0 Å². The van der Waals surface area contributed by atoms with Crippen molar-refractivity contribution in [3.05, 3.63) is 71.9 Å². The number of amides is 2. The Bertz CT molecular complexity index is 1080. The molecule has 1 saturated heterocycles. The van der Waals surface area contributed by atoms with Crippen molar-refractivity contribution in [1.82, 2.24) is 20.0 Å². The highest BCUT2D eigenvalue weighted by atomic mass is 16.5. The number of nitrogens with zero attached hydrogens (tertiary/aromatic N) is 3. The molecule has 2 atom stereocenters.